The van der Waals surface area contributed by atoms with Crippen molar-refractivity contribution in [2.45, 2.75) is 45.2 Å². The van der Waals surface area contributed by atoms with Gasteiger partial charge in [-0.05, 0) is 43.9 Å². The van der Waals surface area contributed by atoms with Crippen LogP contribution >= 0.6 is 0 Å². The van der Waals surface area contributed by atoms with Gasteiger partial charge < -0.3 is 10.6 Å². The van der Waals surface area contributed by atoms with Crippen molar-refractivity contribution >= 4 is 0 Å². The lowest BCUT2D eigenvalue weighted by molar-refractivity contribution is 0.206. The van der Waals surface area contributed by atoms with Gasteiger partial charge in [0.1, 0.15) is 0 Å². The van der Waals surface area contributed by atoms with Crippen LogP contribution in [0.15, 0.2) is 24.3 Å². The highest BCUT2D eigenvalue weighted by Crippen LogP contribution is 2.24. The maximum Gasteiger partial charge on any atom is 0.0233 e. The normalized spacial score (nSPS) is 24.4. The highest BCUT2D eigenvalue weighted by Gasteiger charge is 2.22. The van der Waals surface area contributed by atoms with Crippen LogP contribution in [0.2, 0.25) is 0 Å². The molecule has 1 aliphatic rings. The molecule has 100 valence electrons. The second-order valence-electron chi connectivity index (χ2n) is 5.83. The van der Waals surface area contributed by atoms with Crippen LogP contribution in [0.5, 0.6) is 0 Å². The zero-order valence-corrected chi connectivity index (χ0v) is 11.7. The first-order valence-electron chi connectivity index (χ1n) is 7.15. The molecule has 0 aliphatic heterocycles. The van der Waals surface area contributed by atoms with Crippen LogP contribution in [-0.4, -0.2) is 24.5 Å². The molecule has 2 rings (SSSR count). The fourth-order valence-corrected chi connectivity index (χ4v) is 3.01. The van der Waals surface area contributed by atoms with Crippen LogP contribution in [0.1, 0.15) is 36.8 Å². The molecular formula is C16H26N2. The SMILES string of the molecule is Cc1ccccc1CN(C)CC1CCCCC1N. The summed E-state index contributed by atoms with van der Waals surface area (Å²) in [7, 11) is 2.22. The lowest BCUT2D eigenvalue weighted by Crippen LogP contribution is -2.39. The lowest BCUT2D eigenvalue weighted by atomic mass is 9.85. The molecule has 0 aromatic heterocycles. The van der Waals surface area contributed by atoms with Crippen LogP contribution in [0.3, 0.4) is 0 Å². The molecule has 0 bridgehead atoms. The molecule has 1 saturated carbocycles. The Kier molecular flexibility index (Phi) is 4.79. The maximum atomic E-state index is 6.22. The van der Waals surface area contributed by atoms with Crippen molar-refractivity contribution < 1.29 is 0 Å². The molecule has 0 spiro atoms. The molecule has 0 saturated heterocycles. The second-order valence-corrected chi connectivity index (χ2v) is 5.83. The number of nitrogens with zero attached hydrogens (tertiary/aromatic N) is 1. The summed E-state index contributed by atoms with van der Waals surface area (Å²) in [4.78, 5) is 2.43. The Morgan fingerprint density at radius 3 is 2.67 bits per heavy atom. The lowest BCUT2D eigenvalue weighted by Gasteiger charge is -2.32. The van der Waals surface area contributed by atoms with Gasteiger partial charge in [0.25, 0.3) is 0 Å². The summed E-state index contributed by atoms with van der Waals surface area (Å²) < 4.78 is 0. The Balaban J connectivity index is 1.88. The summed E-state index contributed by atoms with van der Waals surface area (Å²) in [5.74, 6) is 0.688. The van der Waals surface area contributed by atoms with Crippen LogP contribution in [0, 0.1) is 12.8 Å². The third-order valence-corrected chi connectivity index (χ3v) is 4.22. The molecule has 2 nitrogen and oxygen atoms in total. The predicted molar refractivity (Wildman–Crippen MR) is 77.4 cm³/mol. The van der Waals surface area contributed by atoms with Gasteiger partial charge in [-0.15, -0.1) is 0 Å². The maximum absolute atomic E-state index is 6.22. The Hall–Kier alpha value is -0.860. The first kappa shape index (κ1) is 13.6. The zero-order valence-electron chi connectivity index (χ0n) is 11.7. The van der Waals surface area contributed by atoms with Crippen molar-refractivity contribution in [3.05, 3.63) is 35.4 Å². The van der Waals surface area contributed by atoms with E-state index in [0.717, 1.165) is 13.1 Å². The monoisotopic (exact) mass is 246 g/mol. The molecule has 1 fully saturated rings. The van der Waals surface area contributed by atoms with Gasteiger partial charge in [-0.2, -0.15) is 0 Å². The van der Waals surface area contributed by atoms with Gasteiger partial charge in [-0.25, -0.2) is 0 Å². The molecule has 2 heteroatoms. The quantitative estimate of drug-likeness (QED) is 0.885. The zero-order chi connectivity index (χ0) is 13.0. The number of benzene rings is 1. The highest BCUT2D eigenvalue weighted by molar-refractivity contribution is 5.25. The standard InChI is InChI=1S/C16H26N2/c1-13-7-3-4-8-14(13)11-18(2)12-15-9-5-6-10-16(15)17/h3-4,7-8,15-16H,5-6,9-12,17H2,1-2H3. The molecule has 1 aromatic rings. The fourth-order valence-electron chi connectivity index (χ4n) is 3.01. The van der Waals surface area contributed by atoms with Crippen LogP contribution in [0.4, 0.5) is 0 Å². The molecule has 0 amide bonds. The van der Waals surface area contributed by atoms with Crippen molar-refractivity contribution in [3.63, 3.8) is 0 Å². The molecular weight excluding hydrogens is 220 g/mol. The van der Waals surface area contributed by atoms with Crippen LogP contribution in [-0.2, 0) is 6.54 Å². The van der Waals surface area contributed by atoms with Gasteiger partial charge in [0.05, 0.1) is 0 Å². The molecule has 1 aliphatic carbocycles. The molecule has 1 aromatic carbocycles. The van der Waals surface area contributed by atoms with Crippen LogP contribution < -0.4 is 5.73 Å². The average molecular weight is 246 g/mol. The van der Waals surface area contributed by atoms with Crippen molar-refractivity contribution in [3.8, 4) is 0 Å². The topological polar surface area (TPSA) is 29.3 Å². The molecule has 2 N–H and O–H groups in total. The third-order valence-electron chi connectivity index (χ3n) is 4.22. The molecule has 0 heterocycles. The second kappa shape index (κ2) is 6.35. The number of aryl methyl sites for hydroxylation is 1. The molecule has 18 heavy (non-hydrogen) atoms. The van der Waals surface area contributed by atoms with E-state index < -0.39 is 0 Å². The molecule has 2 atom stereocenters. The van der Waals surface area contributed by atoms with Gasteiger partial charge in [0.15, 0.2) is 0 Å². The summed E-state index contributed by atoms with van der Waals surface area (Å²) in [6.07, 6.45) is 5.19. The molecule has 2 unspecified atom stereocenters. The first-order chi connectivity index (χ1) is 8.66. The van der Waals surface area contributed by atoms with Gasteiger partial charge in [0, 0.05) is 19.1 Å². The van der Waals surface area contributed by atoms with Gasteiger partial charge in [-0.1, -0.05) is 37.1 Å². The van der Waals surface area contributed by atoms with Crippen molar-refractivity contribution in [1.82, 2.24) is 4.90 Å². The number of hydrogen-bond donors (Lipinski definition) is 1. The Labute approximate surface area is 111 Å². The van der Waals surface area contributed by atoms with Crippen molar-refractivity contribution in [2.75, 3.05) is 13.6 Å². The van der Waals surface area contributed by atoms with E-state index in [-0.39, 0.29) is 0 Å². The minimum Gasteiger partial charge on any atom is -0.327 e. The smallest absolute Gasteiger partial charge is 0.0233 e. The van der Waals surface area contributed by atoms with E-state index >= 15 is 0 Å². The number of rotatable bonds is 4. The Bertz CT molecular complexity index is 375. The third kappa shape index (κ3) is 3.56. The largest absolute Gasteiger partial charge is 0.327 e. The van der Waals surface area contributed by atoms with E-state index in [4.69, 9.17) is 5.73 Å². The Morgan fingerprint density at radius 1 is 1.22 bits per heavy atom. The highest BCUT2D eigenvalue weighted by atomic mass is 15.1. The molecule has 0 radical (unpaired) electrons. The van der Waals surface area contributed by atoms with E-state index in [1.54, 1.807) is 0 Å². The van der Waals surface area contributed by atoms with E-state index in [0.29, 0.717) is 12.0 Å². The number of nitrogens with two attached hydrogens (primary N) is 1. The fraction of sp³-hybridized carbons (Fsp3) is 0.625. The first-order valence-corrected chi connectivity index (χ1v) is 7.15. The van der Waals surface area contributed by atoms with Gasteiger partial charge in [0.2, 0.25) is 0 Å². The van der Waals surface area contributed by atoms with E-state index in [1.807, 2.05) is 0 Å². The minimum atomic E-state index is 0.415. The van der Waals surface area contributed by atoms with Gasteiger partial charge in [-0.3, -0.25) is 0 Å². The van der Waals surface area contributed by atoms with Crippen LogP contribution in [0.25, 0.3) is 0 Å². The summed E-state index contributed by atoms with van der Waals surface area (Å²) in [6, 6.07) is 9.07. The Morgan fingerprint density at radius 2 is 1.94 bits per heavy atom. The number of hydrogen-bond acceptors (Lipinski definition) is 2. The van der Waals surface area contributed by atoms with Crippen molar-refractivity contribution in [1.29, 1.82) is 0 Å². The van der Waals surface area contributed by atoms with E-state index in [9.17, 15) is 0 Å². The summed E-state index contributed by atoms with van der Waals surface area (Å²) in [5, 5.41) is 0. The predicted octanol–water partition coefficient (Wildman–Crippen LogP) is 2.94. The van der Waals surface area contributed by atoms with E-state index in [2.05, 4.69) is 43.1 Å². The summed E-state index contributed by atoms with van der Waals surface area (Å²) in [5.41, 5.74) is 9.04. The van der Waals surface area contributed by atoms with Gasteiger partial charge >= 0.3 is 0 Å². The van der Waals surface area contributed by atoms with E-state index in [1.165, 1.54) is 36.8 Å². The summed E-state index contributed by atoms with van der Waals surface area (Å²) in [6.45, 7) is 4.36. The average Bonchev–Trinajstić information content (AvgIpc) is 2.35. The van der Waals surface area contributed by atoms with Crippen molar-refractivity contribution in [2.24, 2.45) is 11.7 Å². The minimum absolute atomic E-state index is 0.415. The summed E-state index contributed by atoms with van der Waals surface area (Å²) >= 11 is 0.